The molecule has 106 valence electrons. The van der Waals surface area contributed by atoms with E-state index in [0.29, 0.717) is 0 Å². The third-order valence-electron chi connectivity index (χ3n) is 3.60. The Hall–Kier alpha value is -1.74. The molecule has 0 bridgehead atoms. The normalized spacial score (nSPS) is 12.4. The van der Waals surface area contributed by atoms with Gasteiger partial charge in [0.25, 0.3) is 0 Å². The van der Waals surface area contributed by atoms with Gasteiger partial charge in [-0.3, -0.25) is 0 Å². The molecule has 0 aliphatic carbocycles. The van der Waals surface area contributed by atoms with E-state index in [9.17, 15) is 0 Å². The summed E-state index contributed by atoms with van der Waals surface area (Å²) in [5.74, 6) is 0. The summed E-state index contributed by atoms with van der Waals surface area (Å²) in [6.07, 6.45) is 0. The highest BCUT2D eigenvalue weighted by Gasteiger charge is 2.18. The van der Waals surface area contributed by atoms with Gasteiger partial charge >= 0.3 is 0 Å². The van der Waals surface area contributed by atoms with Crippen LogP contribution in [0.3, 0.4) is 0 Å². The molecule has 3 nitrogen and oxygen atoms in total. The van der Waals surface area contributed by atoms with Crippen LogP contribution in [0.1, 0.15) is 46.6 Å². The van der Waals surface area contributed by atoms with Crippen LogP contribution in [0.2, 0.25) is 0 Å². The summed E-state index contributed by atoms with van der Waals surface area (Å²) < 4.78 is 0. The minimum atomic E-state index is 0.176. The van der Waals surface area contributed by atoms with Crippen LogP contribution >= 0.6 is 0 Å². The van der Waals surface area contributed by atoms with Crippen molar-refractivity contribution in [2.45, 2.75) is 40.7 Å². The average Bonchev–Trinajstić information content (AvgIpc) is 2.40. The fourth-order valence-electron chi connectivity index (χ4n) is 2.60. The molecule has 1 atom stereocenters. The molecule has 1 unspecified atom stereocenters. The van der Waals surface area contributed by atoms with E-state index in [0.717, 1.165) is 17.9 Å². The smallest absolute Gasteiger partial charge is 0.0651 e. The van der Waals surface area contributed by atoms with Gasteiger partial charge < -0.3 is 5.32 Å². The monoisotopic (exact) mass is 269 g/mol. The summed E-state index contributed by atoms with van der Waals surface area (Å²) in [6.45, 7) is 11.4. The van der Waals surface area contributed by atoms with Crippen LogP contribution < -0.4 is 5.32 Å². The van der Waals surface area contributed by atoms with Crippen molar-refractivity contribution in [2.24, 2.45) is 0 Å². The highest BCUT2D eigenvalue weighted by atomic mass is 15.1. The molecule has 0 amide bonds. The molecule has 0 fully saturated rings. The van der Waals surface area contributed by atoms with E-state index in [4.69, 9.17) is 0 Å². The molecule has 20 heavy (non-hydrogen) atoms. The van der Waals surface area contributed by atoms with Crippen molar-refractivity contribution in [3.63, 3.8) is 0 Å². The van der Waals surface area contributed by atoms with Gasteiger partial charge in [-0.2, -0.15) is 10.2 Å². The van der Waals surface area contributed by atoms with E-state index < -0.39 is 0 Å². The highest BCUT2D eigenvalue weighted by molar-refractivity contribution is 5.40. The fraction of sp³-hybridized carbons (Fsp3) is 0.412. The topological polar surface area (TPSA) is 37.8 Å². The van der Waals surface area contributed by atoms with Crippen molar-refractivity contribution >= 4 is 0 Å². The zero-order valence-corrected chi connectivity index (χ0v) is 13.0. The van der Waals surface area contributed by atoms with E-state index >= 15 is 0 Å². The molecule has 0 aliphatic rings. The Balaban J connectivity index is 2.53. The number of nitrogens with one attached hydrogen (secondary N) is 1. The molecule has 0 saturated carbocycles. The number of hydrogen-bond acceptors (Lipinski definition) is 3. The van der Waals surface area contributed by atoms with Gasteiger partial charge in [0.05, 0.1) is 17.4 Å². The van der Waals surface area contributed by atoms with Crippen molar-refractivity contribution in [3.05, 3.63) is 57.9 Å². The van der Waals surface area contributed by atoms with Crippen LogP contribution in [0.25, 0.3) is 0 Å². The van der Waals surface area contributed by atoms with E-state index in [1.165, 1.54) is 22.3 Å². The lowest BCUT2D eigenvalue weighted by atomic mass is 9.93. The van der Waals surface area contributed by atoms with Crippen LogP contribution in [0.15, 0.2) is 24.3 Å². The number of nitrogens with zero attached hydrogens (tertiary/aromatic N) is 2. The average molecular weight is 269 g/mol. The van der Waals surface area contributed by atoms with Crippen molar-refractivity contribution < 1.29 is 0 Å². The van der Waals surface area contributed by atoms with Crippen molar-refractivity contribution in [3.8, 4) is 0 Å². The maximum atomic E-state index is 4.26. The van der Waals surface area contributed by atoms with E-state index in [1.807, 2.05) is 13.8 Å². The Labute approximate surface area is 121 Å². The van der Waals surface area contributed by atoms with Crippen LogP contribution in [-0.4, -0.2) is 16.7 Å². The second-order valence-corrected chi connectivity index (χ2v) is 5.38. The van der Waals surface area contributed by atoms with Crippen LogP contribution in [0.5, 0.6) is 0 Å². The second kappa shape index (κ2) is 6.14. The standard InChI is InChI=1S/C17H23N3/c1-6-18-17(15-8-7-11(2)9-12(15)3)16-10-13(4)19-20-14(16)5/h7-10,17-18H,6H2,1-5H3. The van der Waals surface area contributed by atoms with E-state index in [1.54, 1.807) is 0 Å². The molecule has 1 N–H and O–H groups in total. The second-order valence-electron chi connectivity index (χ2n) is 5.38. The van der Waals surface area contributed by atoms with Crippen molar-refractivity contribution in [1.82, 2.24) is 15.5 Å². The van der Waals surface area contributed by atoms with Gasteiger partial charge in [-0.1, -0.05) is 30.7 Å². The number of aromatic nitrogens is 2. The van der Waals surface area contributed by atoms with Gasteiger partial charge in [-0.15, -0.1) is 0 Å². The van der Waals surface area contributed by atoms with Crippen LogP contribution in [-0.2, 0) is 0 Å². The third kappa shape index (κ3) is 3.05. The van der Waals surface area contributed by atoms with Crippen LogP contribution in [0, 0.1) is 27.7 Å². The zero-order valence-electron chi connectivity index (χ0n) is 13.0. The largest absolute Gasteiger partial charge is 0.306 e. The Bertz CT molecular complexity index is 605. The summed E-state index contributed by atoms with van der Waals surface area (Å²) in [5, 5.41) is 12.0. The van der Waals surface area contributed by atoms with Gasteiger partial charge in [0.15, 0.2) is 0 Å². The van der Waals surface area contributed by atoms with E-state index in [-0.39, 0.29) is 6.04 Å². The van der Waals surface area contributed by atoms with Gasteiger partial charge in [0.1, 0.15) is 0 Å². The van der Waals surface area contributed by atoms with Crippen LogP contribution in [0.4, 0.5) is 0 Å². The first-order chi connectivity index (χ1) is 9.52. The summed E-state index contributed by atoms with van der Waals surface area (Å²) in [5.41, 5.74) is 7.08. The maximum Gasteiger partial charge on any atom is 0.0651 e. The summed E-state index contributed by atoms with van der Waals surface area (Å²) in [7, 11) is 0. The molecule has 0 saturated heterocycles. The molecule has 1 aromatic carbocycles. The minimum absolute atomic E-state index is 0.176. The molecule has 0 aliphatic heterocycles. The quantitative estimate of drug-likeness (QED) is 0.924. The number of aryl methyl sites for hydroxylation is 4. The first-order valence-electron chi connectivity index (χ1n) is 7.14. The Morgan fingerprint density at radius 3 is 2.40 bits per heavy atom. The highest BCUT2D eigenvalue weighted by Crippen LogP contribution is 2.27. The molecule has 2 rings (SSSR count). The van der Waals surface area contributed by atoms with Crippen molar-refractivity contribution in [2.75, 3.05) is 6.54 Å². The van der Waals surface area contributed by atoms with E-state index in [2.05, 4.69) is 60.6 Å². The number of rotatable bonds is 4. The van der Waals surface area contributed by atoms with Gasteiger partial charge in [0, 0.05) is 0 Å². The molecule has 1 aromatic heterocycles. The Morgan fingerprint density at radius 2 is 1.75 bits per heavy atom. The molecular formula is C17H23N3. The van der Waals surface area contributed by atoms with Crippen molar-refractivity contribution in [1.29, 1.82) is 0 Å². The molecule has 2 aromatic rings. The lowest BCUT2D eigenvalue weighted by molar-refractivity contribution is 0.617. The lowest BCUT2D eigenvalue weighted by Crippen LogP contribution is -2.24. The van der Waals surface area contributed by atoms with Gasteiger partial charge in [0.2, 0.25) is 0 Å². The first kappa shape index (κ1) is 14.7. The van der Waals surface area contributed by atoms with Gasteiger partial charge in [-0.05, 0) is 57.0 Å². The number of hydrogen-bond donors (Lipinski definition) is 1. The van der Waals surface area contributed by atoms with Gasteiger partial charge in [-0.25, -0.2) is 0 Å². The first-order valence-corrected chi connectivity index (χ1v) is 7.14. The predicted molar refractivity (Wildman–Crippen MR) is 82.9 cm³/mol. The number of benzene rings is 1. The SMILES string of the molecule is CCNC(c1ccc(C)cc1C)c1cc(C)nnc1C. The molecular weight excluding hydrogens is 246 g/mol. The summed E-state index contributed by atoms with van der Waals surface area (Å²) in [6, 6.07) is 8.93. The predicted octanol–water partition coefficient (Wildman–Crippen LogP) is 3.41. The molecule has 1 heterocycles. The molecule has 0 spiro atoms. The molecule has 0 radical (unpaired) electrons. The minimum Gasteiger partial charge on any atom is -0.306 e. The molecule has 3 heteroatoms. The lowest BCUT2D eigenvalue weighted by Gasteiger charge is -2.22. The maximum absolute atomic E-state index is 4.26. The Morgan fingerprint density at radius 1 is 1.00 bits per heavy atom. The Kier molecular flexibility index (Phi) is 4.50. The fourth-order valence-corrected chi connectivity index (χ4v) is 2.60. The summed E-state index contributed by atoms with van der Waals surface area (Å²) in [4.78, 5) is 0. The third-order valence-corrected chi connectivity index (χ3v) is 3.60. The summed E-state index contributed by atoms with van der Waals surface area (Å²) >= 11 is 0. The zero-order chi connectivity index (χ0) is 14.7.